The molecule has 0 bridgehead atoms. The highest BCUT2D eigenvalue weighted by Crippen LogP contribution is 2.41. The zero-order chi connectivity index (χ0) is 40.1. The summed E-state index contributed by atoms with van der Waals surface area (Å²) in [7, 11) is 0. The van der Waals surface area contributed by atoms with Crippen LogP contribution in [0.5, 0.6) is 28.7 Å². The zero-order valence-corrected chi connectivity index (χ0v) is 33.9. The largest absolute Gasteiger partial charge is 0.489 e. The Bertz CT molecular complexity index is 2230. The number of hydrogen-bond acceptors (Lipinski definition) is 8. The molecule has 296 valence electrons. The molecule has 0 spiro atoms. The number of ether oxygens (including phenoxy) is 5. The summed E-state index contributed by atoms with van der Waals surface area (Å²) in [6.07, 6.45) is 1.76. The number of aromatic nitrogens is 1. The second-order valence-corrected chi connectivity index (χ2v) is 15.5. The average Bonchev–Trinajstić information content (AvgIpc) is 3.21. The van der Waals surface area contributed by atoms with Gasteiger partial charge in [0.1, 0.15) is 36.5 Å². The predicted molar refractivity (Wildman–Crippen MR) is 219 cm³/mol. The van der Waals surface area contributed by atoms with Crippen LogP contribution < -0.4 is 24.3 Å². The Morgan fingerprint density at radius 1 is 0.895 bits per heavy atom. The summed E-state index contributed by atoms with van der Waals surface area (Å²) in [5, 5.41) is 4.04. The molecular formula is C45H45Cl2N3O7. The second kappa shape index (κ2) is 17.8. The Labute approximate surface area is 343 Å². The van der Waals surface area contributed by atoms with Crippen molar-refractivity contribution >= 4 is 35.2 Å². The zero-order valence-electron chi connectivity index (χ0n) is 32.4. The lowest BCUT2D eigenvalue weighted by molar-refractivity contribution is -0.126. The molecule has 0 saturated carbocycles. The van der Waals surface area contributed by atoms with Crippen molar-refractivity contribution in [2.45, 2.75) is 65.8 Å². The van der Waals surface area contributed by atoms with Crippen molar-refractivity contribution in [1.29, 1.82) is 0 Å². The van der Waals surface area contributed by atoms with Crippen LogP contribution in [-0.2, 0) is 35.5 Å². The normalized spacial score (nSPS) is 15.8. The fraction of sp³-hybridized carbons (Fsp3) is 0.311. The van der Waals surface area contributed by atoms with Gasteiger partial charge >= 0.3 is 6.09 Å². The molecule has 2 aliphatic rings. The maximum Gasteiger partial charge on any atom is 0.410 e. The van der Waals surface area contributed by atoms with Crippen LogP contribution >= 0.6 is 23.2 Å². The van der Waals surface area contributed by atoms with E-state index < -0.39 is 12.1 Å². The van der Waals surface area contributed by atoms with Gasteiger partial charge in [0, 0.05) is 30.4 Å². The lowest BCUT2D eigenvalue weighted by Crippen LogP contribution is -2.53. The molecule has 2 atom stereocenters. The lowest BCUT2D eigenvalue weighted by Gasteiger charge is -2.36. The molecule has 4 aromatic carbocycles. The number of nitrogens with one attached hydrogen (secondary N) is 1. The van der Waals surface area contributed by atoms with Crippen molar-refractivity contribution in [3.63, 3.8) is 0 Å². The van der Waals surface area contributed by atoms with Gasteiger partial charge in [-0.15, -0.1) is 0 Å². The van der Waals surface area contributed by atoms with E-state index in [1.165, 1.54) is 4.90 Å². The van der Waals surface area contributed by atoms with Gasteiger partial charge in [-0.3, -0.25) is 14.7 Å². The molecule has 0 saturated heterocycles. The van der Waals surface area contributed by atoms with Gasteiger partial charge in [-0.25, -0.2) is 4.79 Å². The predicted octanol–water partition coefficient (Wildman–Crippen LogP) is 9.77. The minimum absolute atomic E-state index is 0.144. The SMILES string of the molecule is Cc1nccc(Oc2ccc(CCNC(=O)C3Cc4cc5c(cc4CN3C(=O)OCC(C)C)OC(c3ccc(OCc4ccc(Cl)c(Cl)c4)cc3)CO5)cc2)c1C. The van der Waals surface area contributed by atoms with E-state index in [4.69, 9.17) is 46.9 Å². The lowest BCUT2D eigenvalue weighted by atomic mass is 9.92. The Hall–Kier alpha value is -5.45. The van der Waals surface area contributed by atoms with Crippen molar-refractivity contribution in [2.75, 3.05) is 19.8 Å². The molecule has 7 rings (SSSR count). The third-order valence-corrected chi connectivity index (χ3v) is 10.8. The van der Waals surface area contributed by atoms with Gasteiger partial charge in [0.25, 0.3) is 0 Å². The second-order valence-electron chi connectivity index (χ2n) is 14.7. The maximum atomic E-state index is 13.8. The molecular weight excluding hydrogens is 765 g/mol. The first-order valence-electron chi connectivity index (χ1n) is 19.0. The van der Waals surface area contributed by atoms with Crippen LogP contribution in [0, 0.1) is 19.8 Å². The Kier molecular flexibility index (Phi) is 12.4. The number of fused-ring (bicyclic) bond motifs is 2. The van der Waals surface area contributed by atoms with E-state index in [9.17, 15) is 9.59 Å². The van der Waals surface area contributed by atoms with E-state index in [-0.39, 0.29) is 31.1 Å². The number of halogens is 2. The quantitative estimate of drug-likeness (QED) is 0.133. The molecule has 10 nitrogen and oxygen atoms in total. The smallest absolute Gasteiger partial charge is 0.410 e. The molecule has 12 heteroatoms. The van der Waals surface area contributed by atoms with E-state index in [1.807, 2.05) is 100 Å². The van der Waals surface area contributed by atoms with E-state index in [0.717, 1.165) is 50.6 Å². The first-order valence-corrected chi connectivity index (χ1v) is 19.8. The monoisotopic (exact) mass is 809 g/mol. The summed E-state index contributed by atoms with van der Waals surface area (Å²) >= 11 is 12.2. The number of benzene rings is 4. The number of rotatable bonds is 12. The molecule has 0 aliphatic carbocycles. The van der Waals surface area contributed by atoms with Gasteiger partial charge in [0.15, 0.2) is 17.6 Å². The molecule has 3 heterocycles. The summed E-state index contributed by atoms with van der Waals surface area (Å²) in [5.41, 5.74) is 6.58. The van der Waals surface area contributed by atoms with Crippen LogP contribution in [0.1, 0.15) is 59.0 Å². The third kappa shape index (κ3) is 9.75. The summed E-state index contributed by atoms with van der Waals surface area (Å²) < 4.78 is 30.3. The van der Waals surface area contributed by atoms with Gasteiger partial charge in [0.2, 0.25) is 5.91 Å². The number of hydrogen-bond donors (Lipinski definition) is 1. The molecule has 1 N–H and O–H groups in total. The van der Waals surface area contributed by atoms with E-state index in [0.29, 0.717) is 59.9 Å². The number of nitrogens with zero attached hydrogens (tertiary/aromatic N) is 2. The topological polar surface area (TPSA) is 108 Å². The van der Waals surface area contributed by atoms with Crippen LogP contribution in [0.15, 0.2) is 91.1 Å². The molecule has 1 aromatic heterocycles. The standard InChI is InChI=1S/C45H45Cl2N3O7/c1-27(2)24-55-45(52)50-23-34-22-42-41(54-26-43(57-42)32-8-12-35(13-9-32)53-25-31-7-14-37(46)38(47)19-31)21-33(34)20-39(50)44(51)49-17-15-30-5-10-36(11-6-30)56-40-16-18-48-29(4)28(40)3/h5-14,16,18-19,21-22,27,39,43H,15,17,20,23-26H2,1-4H3,(H,49,51). The van der Waals surface area contributed by atoms with Gasteiger partial charge in [-0.1, -0.05) is 67.4 Å². The van der Waals surface area contributed by atoms with Gasteiger partial charge in [0.05, 0.1) is 23.2 Å². The van der Waals surface area contributed by atoms with Crippen LogP contribution in [0.3, 0.4) is 0 Å². The Morgan fingerprint density at radius 2 is 1.63 bits per heavy atom. The van der Waals surface area contributed by atoms with Crippen molar-refractivity contribution < 1.29 is 33.3 Å². The molecule has 57 heavy (non-hydrogen) atoms. The highest BCUT2D eigenvalue weighted by Gasteiger charge is 2.37. The fourth-order valence-corrected chi connectivity index (χ4v) is 6.98. The fourth-order valence-electron chi connectivity index (χ4n) is 6.66. The molecule has 2 amide bonds. The number of amides is 2. The van der Waals surface area contributed by atoms with Crippen molar-refractivity contribution in [3.8, 4) is 28.7 Å². The van der Waals surface area contributed by atoms with Crippen LogP contribution in [0.4, 0.5) is 4.79 Å². The van der Waals surface area contributed by atoms with Crippen LogP contribution in [0.25, 0.3) is 0 Å². The summed E-state index contributed by atoms with van der Waals surface area (Å²) in [5.74, 6) is 3.26. The molecule has 0 radical (unpaired) electrons. The molecule has 0 fully saturated rings. The van der Waals surface area contributed by atoms with E-state index in [1.54, 1.807) is 18.3 Å². The van der Waals surface area contributed by atoms with Crippen LogP contribution in [-0.4, -0.2) is 47.7 Å². The summed E-state index contributed by atoms with van der Waals surface area (Å²) in [6.45, 7) is 9.37. The van der Waals surface area contributed by atoms with Crippen molar-refractivity contribution in [1.82, 2.24) is 15.2 Å². The maximum absolute atomic E-state index is 13.8. The molecule has 2 aliphatic heterocycles. The summed E-state index contributed by atoms with van der Waals surface area (Å²) in [6, 6.07) is 25.8. The highest BCUT2D eigenvalue weighted by atomic mass is 35.5. The van der Waals surface area contributed by atoms with Crippen LogP contribution in [0.2, 0.25) is 10.0 Å². The van der Waals surface area contributed by atoms with Gasteiger partial charge in [-0.2, -0.15) is 0 Å². The van der Waals surface area contributed by atoms with Crippen molar-refractivity contribution in [3.05, 3.63) is 140 Å². The first-order chi connectivity index (χ1) is 27.5. The minimum Gasteiger partial charge on any atom is -0.489 e. The number of aryl methyl sites for hydroxylation is 1. The first kappa shape index (κ1) is 39.8. The highest BCUT2D eigenvalue weighted by molar-refractivity contribution is 6.42. The Balaban J connectivity index is 0.983. The average molecular weight is 811 g/mol. The molecule has 2 unspecified atom stereocenters. The number of carbonyl (C=O) groups excluding carboxylic acids is 2. The van der Waals surface area contributed by atoms with E-state index >= 15 is 0 Å². The number of carbonyl (C=O) groups is 2. The van der Waals surface area contributed by atoms with Gasteiger partial charge in [-0.05, 0) is 109 Å². The van der Waals surface area contributed by atoms with Crippen molar-refractivity contribution in [2.24, 2.45) is 5.92 Å². The Morgan fingerprint density at radius 3 is 2.39 bits per heavy atom. The molecule has 5 aromatic rings. The van der Waals surface area contributed by atoms with Gasteiger partial charge < -0.3 is 29.0 Å². The third-order valence-electron chi connectivity index (χ3n) is 10.0. The number of pyridine rings is 1. The minimum atomic E-state index is -0.757. The van der Waals surface area contributed by atoms with E-state index in [2.05, 4.69) is 10.3 Å². The summed E-state index contributed by atoms with van der Waals surface area (Å²) in [4.78, 5) is 33.0.